The molecule has 0 aromatic heterocycles. The fourth-order valence-electron chi connectivity index (χ4n) is 1.91. The molecule has 0 saturated carbocycles. The van der Waals surface area contributed by atoms with E-state index in [2.05, 4.69) is 37.2 Å². The molecule has 0 spiro atoms. The number of amides is 1. The quantitative estimate of drug-likeness (QED) is 0.463. The summed E-state index contributed by atoms with van der Waals surface area (Å²) < 4.78 is 0.806. The summed E-state index contributed by atoms with van der Waals surface area (Å²) in [4.78, 5) is 23.2. The number of aromatic hydroxyl groups is 1. The van der Waals surface area contributed by atoms with Crippen LogP contribution in [0.3, 0.4) is 0 Å². The number of nitrogens with zero attached hydrogens (tertiary/aromatic N) is 1. The fourth-order valence-corrected chi connectivity index (χ4v) is 3.13. The first-order valence-electron chi connectivity index (χ1n) is 6.76. The molecule has 0 fully saturated rings. The van der Waals surface area contributed by atoms with Gasteiger partial charge in [0, 0.05) is 5.69 Å². The maximum absolute atomic E-state index is 12.2. The van der Waals surface area contributed by atoms with Crippen LogP contribution in [0.4, 0.5) is 5.69 Å². The average Bonchev–Trinajstić information content (AvgIpc) is 2.57. The molecule has 6 nitrogen and oxygen atoms in total. The average molecular weight is 466 g/mol. The third-order valence-electron chi connectivity index (χ3n) is 3.08. The zero-order valence-corrected chi connectivity index (χ0v) is 15.6. The van der Waals surface area contributed by atoms with Crippen LogP contribution in [0.2, 0.25) is 0 Å². The van der Waals surface area contributed by atoms with Gasteiger partial charge in [0.2, 0.25) is 0 Å². The highest BCUT2D eigenvalue weighted by Gasteiger charge is 2.12. The Morgan fingerprint density at radius 3 is 2.36 bits per heavy atom. The molecular weight excluding hydrogens is 456 g/mol. The molecule has 126 valence electrons. The number of carbonyl (C=O) groups excluding carboxylic acids is 1. The van der Waals surface area contributed by atoms with Crippen molar-refractivity contribution in [1.29, 1.82) is 5.26 Å². The predicted octanol–water partition coefficient (Wildman–Crippen LogP) is 4.16. The van der Waals surface area contributed by atoms with Crippen molar-refractivity contribution in [2.24, 2.45) is 0 Å². The van der Waals surface area contributed by atoms with Gasteiger partial charge in [-0.15, -0.1) is 0 Å². The first-order valence-corrected chi connectivity index (χ1v) is 8.35. The van der Waals surface area contributed by atoms with Crippen molar-refractivity contribution >= 4 is 55.5 Å². The van der Waals surface area contributed by atoms with E-state index in [4.69, 9.17) is 5.11 Å². The van der Waals surface area contributed by atoms with Crippen molar-refractivity contribution in [2.45, 2.75) is 0 Å². The minimum atomic E-state index is -1.12. The summed E-state index contributed by atoms with van der Waals surface area (Å²) in [5, 5.41) is 30.4. The number of carbonyl (C=O) groups is 2. The molecule has 3 N–H and O–H groups in total. The summed E-state index contributed by atoms with van der Waals surface area (Å²) in [6.07, 6.45) is 1.35. The van der Waals surface area contributed by atoms with Gasteiger partial charge in [0.25, 0.3) is 5.91 Å². The number of aromatic carboxylic acids is 1. The molecule has 25 heavy (non-hydrogen) atoms. The molecule has 0 radical (unpaired) electrons. The zero-order chi connectivity index (χ0) is 18.6. The Bertz CT molecular complexity index is 909. The molecule has 0 heterocycles. The number of benzene rings is 2. The molecule has 0 aliphatic heterocycles. The number of halogens is 2. The van der Waals surface area contributed by atoms with Gasteiger partial charge in [-0.3, -0.25) is 4.79 Å². The Morgan fingerprint density at radius 2 is 1.80 bits per heavy atom. The summed E-state index contributed by atoms with van der Waals surface area (Å²) in [7, 11) is 0. The second-order valence-corrected chi connectivity index (χ2v) is 6.55. The van der Waals surface area contributed by atoms with Gasteiger partial charge in [0.05, 0.1) is 14.5 Å². The van der Waals surface area contributed by atoms with Crippen molar-refractivity contribution in [3.8, 4) is 11.8 Å². The number of nitriles is 1. The van der Waals surface area contributed by atoms with Crippen LogP contribution in [0.15, 0.2) is 50.9 Å². The van der Waals surface area contributed by atoms with E-state index in [1.807, 2.05) is 0 Å². The normalized spacial score (nSPS) is 10.8. The van der Waals surface area contributed by atoms with Gasteiger partial charge in [-0.2, -0.15) is 5.26 Å². The van der Waals surface area contributed by atoms with E-state index in [9.17, 15) is 20.0 Å². The van der Waals surface area contributed by atoms with Crippen LogP contribution in [-0.4, -0.2) is 22.1 Å². The lowest BCUT2D eigenvalue weighted by atomic mass is 10.1. The van der Waals surface area contributed by atoms with Crippen LogP contribution in [0.5, 0.6) is 5.75 Å². The molecule has 0 aliphatic carbocycles. The van der Waals surface area contributed by atoms with E-state index < -0.39 is 11.9 Å². The summed E-state index contributed by atoms with van der Waals surface area (Å²) >= 11 is 6.35. The summed E-state index contributed by atoms with van der Waals surface area (Å²) in [5.74, 6) is -1.79. The number of carboxylic acids is 1. The minimum absolute atomic E-state index is 0.00518. The molecule has 0 unspecified atom stereocenters. The van der Waals surface area contributed by atoms with Crippen molar-refractivity contribution in [3.63, 3.8) is 0 Å². The van der Waals surface area contributed by atoms with Gasteiger partial charge in [0.1, 0.15) is 17.4 Å². The fraction of sp³-hybridized carbons (Fsp3) is 0. The summed E-state index contributed by atoms with van der Waals surface area (Å²) in [5.41, 5.74) is 0.624. The topological polar surface area (TPSA) is 110 Å². The second-order valence-electron chi connectivity index (χ2n) is 4.84. The van der Waals surface area contributed by atoms with Gasteiger partial charge in [-0.25, -0.2) is 4.79 Å². The van der Waals surface area contributed by atoms with Crippen LogP contribution < -0.4 is 5.32 Å². The Morgan fingerprint density at radius 1 is 1.16 bits per heavy atom. The zero-order valence-electron chi connectivity index (χ0n) is 12.5. The van der Waals surface area contributed by atoms with Gasteiger partial charge in [0.15, 0.2) is 0 Å². The number of rotatable bonds is 4. The number of hydrogen-bond acceptors (Lipinski definition) is 4. The number of phenols is 1. The van der Waals surface area contributed by atoms with E-state index in [1.54, 1.807) is 18.2 Å². The SMILES string of the molecule is N#C/C(=C/c1cc(Br)c(O)c(Br)c1)C(=O)Nc1cccc(C(=O)O)c1. The predicted molar refractivity (Wildman–Crippen MR) is 99.1 cm³/mol. The number of nitrogens with one attached hydrogen (secondary N) is 1. The maximum atomic E-state index is 12.2. The lowest BCUT2D eigenvalue weighted by Crippen LogP contribution is -2.13. The van der Waals surface area contributed by atoms with E-state index in [0.717, 1.165) is 0 Å². The van der Waals surface area contributed by atoms with Gasteiger partial charge in [-0.1, -0.05) is 6.07 Å². The molecule has 0 aliphatic rings. The van der Waals surface area contributed by atoms with Crippen molar-refractivity contribution in [2.75, 3.05) is 5.32 Å². The van der Waals surface area contributed by atoms with Crippen LogP contribution >= 0.6 is 31.9 Å². The van der Waals surface area contributed by atoms with Crippen LogP contribution in [0.1, 0.15) is 15.9 Å². The Balaban J connectivity index is 2.29. The molecule has 0 bridgehead atoms. The van der Waals surface area contributed by atoms with E-state index in [-0.39, 0.29) is 22.6 Å². The molecule has 2 aromatic rings. The Labute approximate surface area is 159 Å². The lowest BCUT2D eigenvalue weighted by Gasteiger charge is -2.06. The highest BCUT2D eigenvalue weighted by molar-refractivity contribution is 9.11. The van der Waals surface area contributed by atoms with Crippen LogP contribution in [-0.2, 0) is 4.79 Å². The highest BCUT2D eigenvalue weighted by atomic mass is 79.9. The standard InChI is InChI=1S/C17H10Br2N2O4/c18-13-5-9(6-14(19)15(13)22)4-11(8-20)16(23)21-12-3-1-2-10(7-12)17(24)25/h1-7,22H,(H,21,23)(H,24,25)/b11-4-. The smallest absolute Gasteiger partial charge is 0.335 e. The molecule has 0 atom stereocenters. The lowest BCUT2D eigenvalue weighted by molar-refractivity contribution is -0.112. The van der Waals surface area contributed by atoms with Crippen molar-refractivity contribution < 1.29 is 19.8 Å². The molecule has 2 aromatic carbocycles. The molecule has 0 saturated heterocycles. The van der Waals surface area contributed by atoms with Crippen molar-refractivity contribution in [3.05, 3.63) is 62.0 Å². The van der Waals surface area contributed by atoms with E-state index in [0.29, 0.717) is 14.5 Å². The first-order chi connectivity index (χ1) is 11.8. The molecule has 1 amide bonds. The third kappa shape index (κ3) is 4.68. The minimum Gasteiger partial charge on any atom is -0.506 e. The largest absolute Gasteiger partial charge is 0.506 e. The maximum Gasteiger partial charge on any atom is 0.335 e. The molecule has 8 heteroatoms. The van der Waals surface area contributed by atoms with E-state index in [1.165, 1.54) is 30.3 Å². The summed E-state index contributed by atoms with van der Waals surface area (Å²) in [6.45, 7) is 0. The second kappa shape index (κ2) is 7.96. The van der Waals surface area contributed by atoms with Crippen LogP contribution in [0, 0.1) is 11.3 Å². The Hall–Kier alpha value is -2.63. The number of phenolic OH excluding ortho intramolecular Hbond substituents is 1. The van der Waals surface area contributed by atoms with Gasteiger partial charge in [-0.05, 0) is 73.8 Å². The number of hydrogen-bond donors (Lipinski definition) is 3. The number of anilines is 1. The van der Waals surface area contributed by atoms with E-state index >= 15 is 0 Å². The summed E-state index contributed by atoms with van der Waals surface area (Å²) in [6, 6.07) is 10.6. The number of carboxylic acid groups (broad SMARTS) is 1. The van der Waals surface area contributed by atoms with Gasteiger partial charge >= 0.3 is 5.97 Å². The monoisotopic (exact) mass is 464 g/mol. The van der Waals surface area contributed by atoms with Crippen LogP contribution in [0.25, 0.3) is 6.08 Å². The molecular formula is C17H10Br2N2O4. The highest BCUT2D eigenvalue weighted by Crippen LogP contribution is 2.34. The van der Waals surface area contributed by atoms with Gasteiger partial charge < -0.3 is 15.5 Å². The van der Waals surface area contributed by atoms with Crippen molar-refractivity contribution in [1.82, 2.24) is 0 Å². The molecule has 2 rings (SSSR count). The third-order valence-corrected chi connectivity index (χ3v) is 4.29. The first kappa shape index (κ1) is 18.7. The Kier molecular flexibility index (Phi) is 5.96.